The smallest absolute Gasteiger partial charge is 0.252 e. The predicted octanol–water partition coefficient (Wildman–Crippen LogP) is 6.23. The molecule has 2 nitrogen and oxygen atoms in total. The molecule has 0 radical (unpaired) electrons. The molecule has 1 atom stereocenters. The van der Waals surface area contributed by atoms with Gasteiger partial charge in [0.05, 0.1) is 11.6 Å². The van der Waals surface area contributed by atoms with Gasteiger partial charge in [-0.1, -0.05) is 70.5 Å². The topological polar surface area (TPSA) is 29.1 Å². The third kappa shape index (κ3) is 4.99. The molecule has 26 heavy (non-hydrogen) atoms. The molecule has 3 aromatic rings. The Labute approximate surface area is 167 Å². The van der Waals surface area contributed by atoms with Crippen molar-refractivity contribution in [3.63, 3.8) is 0 Å². The molecule has 132 valence electrons. The summed E-state index contributed by atoms with van der Waals surface area (Å²) in [4.78, 5) is 13.8. The van der Waals surface area contributed by atoms with Crippen LogP contribution < -0.4 is 5.32 Å². The summed E-state index contributed by atoms with van der Waals surface area (Å²) in [5.41, 5.74) is 3.05. The minimum absolute atomic E-state index is 0.0448. The van der Waals surface area contributed by atoms with Crippen molar-refractivity contribution < 1.29 is 4.79 Å². The highest BCUT2D eigenvalue weighted by Gasteiger charge is 2.15. The zero-order valence-corrected chi connectivity index (χ0v) is 16.9. The summed E-state index contributed by atoms with van der Waals surface area (Å²) >= 11 is 5.12. The van der Waals surface area contributed by atoms with E-state index in [0.29, 0.717) is 0 Å². The van der Waals surface area contributed by atoms with E-state index in [1.54, 1.807) is 11.8 Å². The third-order valence-corrected chi connectivity index (χ3v) is 5.76. The summed E-state index contributed by atoms with van der Waals surface area (Å²) in [6, 6.07) is 26.0. The summed E-state index contributed by atoms with van der Waals surface area (Å²) < 4.78 is 1.03. The van der Waals surface area contributed by atoms with Gasteiger partial charge in [0.2, 0.25) is 0 Å². The highest BCUT2D eigenvalue weighted by molar-refractivity contribution is 9.10. The van der Waals surface area contributed by atoms with Crippen molar-refractivity contribution in [2.45, 2.75) is 23.6 Å². The molecule has 0 aliphatic carbocycles. The van der Waals surface area contributed by atoms with Gasteiger partial charge in [-0.15, -0.1) is 11.8 Å². The number of halogens is 1. The Hall–Kier alpha value is -2.04. The number of thioether (sulfide) groups is 1. The molecule has 0 aliphatic heterocycles. The molecule has 0 aromatic heterocycles. The summed E-state index contributed by atoms with van der Waals surface area (Å²) in [5.74, 6) is 0.796. The van der Waals surface area contributed by atoms with Crippen molar-refractivity contribution in [1.82, 2.24) is 5.32 Å². The second kappa shape index (κ2) is 9.06. The lowest BCUT2D eigenvalue weighted by molar-refractivity contribution is 0.0937. The highest BCUT2D eigenvalue weighted by atomic mass is 79.9. The largest absolute Gasteiger partial charge is 0.345 e. The number of nitrogens with one attached hydrogen (secondary N) is 1. The van der Waals surface area contributed by atoms with Gasteiger partial charge in [-0.3, -0.25) is 4.79 Å². The van der Waals surface area contributed by atoms with Crippen LogP contribution in [-0.4, -0.2) is 5.91 Å². The Morgan fingerprint density at radius 1 is 0.962 bits per heavy atom. The first-order valence-electron chi connectivity index (χ1n) is 8.45. The van der Waals surface area contributed by atoms with Crippen LogP contribution in [0.25, 0.3) is 0 Å². The van der Waals surface area contributed by atoms with E-state index < -0.39 is 0 Å². The molecule has 3 rings (SSSR count). The fraction of sp³-hybridized carbons (Fsp3) is 0.136. The first-order valence-corrected chi connectivity index (χ1v) is 10.2. The first kappa shape index (κ1) is 18.7. The average molecular weight is 426 g/mol. The Kier molecular flexibility index (Phi) is 6.53. The van der Waals surface area contributed by atoms with Crippen LogP contribution in [-0.2, 0) is 5.75 Å². The number of hydrogen-bond acceptors (Lipinski definition) is 2. The predicted molar refractivity (Wildman–Crippen MR) is 112 cm³/mol. The zero-order valence-electron chi connectivity index (χ0n) is 14.5. The standard InChI is InChI=1S/C22H20BrNOS/c1-16(18-11-13-19(23)14-12-18)24-22(25)20-9-5-6-10-21(20)26-15-17-7-3-2-4-8-17/h2-14,16H,15H2,1H3,(H,24,25)/t16-/m1/s1. The van der Waals surface area contributed by atoms with E-state index in [1.165, 1.54) is 5.56 Å². The molecule has 3 aromatic carbocycles. The van der Waals surface area contributed by atoms with Crippen molar-refractivity contribution in [2.24, 2.45) is 0 Å². The van der Waals surface area contributed by atoms with Crippen molar-refractivity contribution in [3.05, 3.63) is 100 Å². The maximum Gasteiger partial charge on any atom is 0.252 e. The number of amides is 1. The van der Waals surface area contributed by atoms with Gasteiger partial charge in [-0.25, -0.2) is 0 Å². The van der Waals surface area contributed by atoms with Crippen LogP contribution in [0.15, 0.2) is 88.2 Å². The second-order valence-corrected chi connectivity index (χ2v) is 7.95. The number of benzene rings is 3. The van der Waals surface area contributed by atoms with Crippen molar-refractivity contribution >= 4 is 33.6 Å². The van der Waals surface area contributed by atoms with Gasteiger partial charge >= 0.3 is 0 Å². The van der Waals surface area contributed by atoms with Crippen LogP contribution in [0.2, 0.25) is 0 Å². The van der Waals surface area contributed by atoms with E-state index in [1.807, 2.05) is 73.7 Å². The Bertz CT molecular complexity index is 865. The Balaban J connectivity index is 1.70. The van der Waals surface area contributed by atoms with Crippen molar-refractivity contribution in [1.29, 1.82) is 0 Å². The van der Waals surface area contributed by atoms with Gasteiger partial charge in [-0.05, 0) is 42.3 Å². The molecule has 1 N–H and O–H groups in total. The molecule has 0 heterocycles. The lowest BCUT2D eigenvalue weighted by atomic mass is 10.1. The Morgan fingerprint density at radius 3 is 2.35 bits per heavy atom. The summed E-state index contributed by atoms with van der Waals surface area (Å²) in [7, 11) is 0. The normalized spacial score (nSPS) is 11.8. The number of hydrogen-bond donors (Lipinski definition) is 1. The third-order valence-electron chi connectivity index (χ3n) is 4.09. The lowest BCUT2D eigenvalue weighted by Gasteiger charge is -2.16. The number of rotatable bonds is 6. The summed E-state index contributed by atoms with van der Waals surface area (Å²) in [6.45, 7) is 2.00. The highest BCUT2D eigenvalue weighted by Crippen LogP contribution is 2.27. The molecular weight excluding hydrogens is 406 g/mol. The van der Waals surface area contributed by atoms with Crippen LogP contribution in [0, 0.1) is 0 Å². The van der Waals surface area contributed by atoms with E-state index in [2.05, 4.69) is 33.4 Å². The van der Waals surface area contributed by atoms with Gasteiger partial charge in [0.1, 0.15) is 0 Å². The van der Waals surface area contributed by atoms with Crippen LogP contribution >= 0.6 is 27.7 Å². The summed E-state index contributed by atoms with van der Waals surface area (Å²) in [5, 5.41) is 3.10. The van der Waals surface area contributed by atoms with Gasteiger partial charge < -0.3 is 5.32 Å². The molecular formula is C22H20BrNOS. The molecule has 0 fully saturated rings. The first-order chi connectivity index (χ1) is 12.6. The molecule has 4 heteroatoms. The molecule has 0 saturated carbocycles. The van der Waals surface area contributed by atoms with Crippen LogP contribution in [0.5, 0.6) is 0 Å². The van der Waals surface area contributed by atoms with Gasteiger partial charge in [0, 0.05) is 15.1 Å². The minimum Gasteiger partial charge on any atom is -0.345 e. The van der Waals surface area contributed by atoms with Crippen LogP contribution in [0.3, 0.4) is 0 Å². The molecule has 1 amide bonds. The quantitative estimate of drug-likeness (QED) is 0.474. The maximum atomic E-state index is 12.8. The SMILES string of the molecule is C[C@@H](NC(=O)c1ccccc1SCc1ccccc1)c1ccc(Br)cc1. The van der Waals surface area contributed by atoms with Crippen molar-refractivity contribution in [2.75, 3.05) is 0 Å². The zero-order chi connectivity index (χ0) is 18.4. The Morgan fingerprint density at radius 2 is 1.62 bits per heavy atom. The molecule has 0 saturated heterocycles. The van der Waals surface area contributed by atoms with Crippen LogP contribution in [0.1, 0.15) is 34.5 Å². The summed E-state index contributed by atoms with van der Waals surface area (Å²) in [6.07, 6.45) is 0. The number of carbonyl (C=O) groups excluding carboxylic acids is 1. The van der Waals surface area contributed by atoms with Gasteiger partial charge in [0.15, 0.2) is 0 Å². The molecule has 0 bridgehead atoms. The fourth-order valence-corrected chi connectivity index (χ4v) is 3.89. The number of carbonyl (C=O) groups is 1. The second-order valence-electron chi connectivity index (χ2n) is 6.02. The maximum absolute atomic E-state index is 12.8. The molecule has 0 spiro atoms. The van der Waals surface area contributed by atoms with E-state index in [9.17, 15) is 4.79 Å². The average Bonchev–Trinajstić information content (AvgIpc) is 2.68. The fourth-order valence-electron chi connectivity index (χ4n) is 2.62. The van der Waals surface area contributed by atoms with E-state index in [0.717, 1.165) is 26.2 Å². The van der Waals surface area contributed by atoms with Crippen LogP contribution in [0.4, 0.5) is 0 Å². The van der Waals surface area contributed by atoms with Gasteiger partial charge in [-0.2, -0.15) is 0 Å². The van der Waals surface area contributed by atoms with Gasteiger partial charge in [0.25, 0.3) is 5.91 Å². The van der Waals surface area contributed by atoms with E-state index in [-0.39, 0.29) is 11.9 Å². The monoisotopic (exact) mass is 425 g/mol. The van der Waals surface area contributed by atoms with Crippen molar-refractivity contribution in [3.8, 4) is 0 Å². The minimum atomic E-state index is -0.0530. The van der Waals surface area contributed by atoms with E-state index >= 15 is 0 Å². The lowest BCUT2D eigenvalue weighted by Crippen LogP contribution is -2.27. The molecule has 0 aliphatic rings. The molecule has 0 unspecified atom stereocenters. The van der Waals surface area contributed by atoms with E-state index in [4.69, 9.17) is 0 Å².